The highest BCUT2D eigenvalue weighted by atomic mass is 32.2. The second-order valence-electron chi connectivity index (χ2n) is 4.67. The SMILES string of the molecule is O=C1OC(C(O)c2ccccc2)C=C1Sc1ccccc1. The minimum Gasteiger partial charge on any atom is -0.451 e. The minimum atomic E-state index is -0.843. The van der Waals surface area contributed by atoms with Crippen LogP contribution in [-0.4, -0.2) is 17.2 Å². The zero-order valence-corrected chi connectivity index (χ0v) is 12.0. The first-order valence-corrected chi connectivity index (χ1v) is 7.44. The highest BCUT2D eigenvalue weighted by Crippen LogP contribution is 2.34. The molecule has 106 valence electrons. The van der Waals surface area contributed by atoms with Crippen molar-refractivity contribution < 1.29 is 14.6 Å². The largest absolute Gasteiger partial charge is 0.451 e. The molecule has 2 unspecified atom stereocenters. The van der Waals surface area contributed by atoms with Crippen LogP contribution in [-0.2, 0) is 9.53 Å². The summed E-state index contributed by atoms with van der Waals surface area (Å²) in [6.07, 6.45) is 0.215. The lowest BCUT2D eigenvalue weighted by molar-refractivity contribution is -0.143. The Bertz CT molecular complexity index is 652. The van der Waals surface area contributed by atoms with E-state index in [9.17, 15) is 9.90 Å². The summed E-state index contributed by atoms with van der Waals surface area (Å²) in [5, 5.41) is 10.3. The van der Waals surface area contributed by atoms with Crippen molar-refractivity contribution in [3.63, 3.8) is 0 Å². The topological polar surface area (TPSA) is 46.5 Å². The van der Waals surface area contributed by atoms with Crippen LogP contribution in [0.4, 0.5) is 0 Å². The van der Waals surface area contributed by atoms with Crippen molar-refractivity contribution in [3.8, 4) is 0 Å². The van der Waals surface area contributed by atoms with Gasteiger partial charge in [-0.05, 0) is 23.8 Å². The number of cyclic esters (lactones) is 1. The molecule has 0 spiro atoms. The van der Waals surface area contributed by atoms with Crippen molar-refractivity contribution in [3.05, 3.63) is 77.2 Å². The first-order valence-electron chi connectivity index (χ1n) is 6.63. The molecule has 0 fully saturated rings. The molecule has 0 saturated heterocycles. The lowest BCUT2D eigenvalue weighted by Gasteiger charge is -2.15. The van der Waals surface area contributed by atoms with Crippen LogP contribution in [0, 0.1) is 0 Å². The maximum atomic E-state index is 11.9. The minimum absolute atomic E-state index is 0.385. The van der Waals surface area contributed by atoms with E-state index in [-0.39, 0.29) is 5.97 Å². The second-order valence-corrected chi connectivity index (χ2v) is 5.79. The summed E-state index contributed by atoms with van der Waals surface area (Å²) in [5.74, 6) is -0.385. The Morgan fingerprint density at radius 3 is 2.29 bits per heavy atom. The van der Waals surface area contributed by atoms with Crippen LogP contribution in [0.15, 0.2) is 76.5 Å². The van der Waals surface area contributed by atoms with E-state index in [0.29, 0.717) is 4.91 Å². The zero-order chi connectivity index (χ0) is 14.7. The van der Waals surface area contributed by atoms with Crippen molar-refractivity contribution in [2.24, 2.45) is 0 Å². The van der Waals surface area contributed by atoms with Gasteiger partial charge >= 0.3 is 5.97 Å². The number of carbonyl (C=O) groups excluding carboxylic acids is 1. The molecule has 21 heavy (non-hydrogen) atoms. The van der Waals surface area contributed by atoms with Crippen molar-refractivity contribution in [2.45, 2.75) is 17.1 Å². The molecule has 2 aromatic carbocycles. The van der Waals surface area contributed by atoms with E-state index >= 15 is 0 Å². The highest BCUT2D eigenvalue weighted by Gasteiger charge is 2.32. The van der Waals surface area contributed by atoms with Gasteiger partial charge in [0, 0.05) is 4.90 Å². The van der Waals surface area contributed by atoms with Crippen LogP contribution < -0.4 is 0 Å². The van der Waals surface area contributed by atoms with Crippen LogP contribution in [0.2, 0.25) is 0 Å². The molecule has 4 heteroatoms. The molecule has 2 aromatic rings. The second kappa shape index (κ2) is 6.16. The van der Waals surface area contributed by atoms with Crippen molar-refractivity contribution in [1.82, 2.24) is 0 Å². The van der Waals surface area contributed by atoms with Gasteiger partial charge in [-0.3, -0.25) is 0 Å². The molecule has 0 aliphatic carbocycles. The number of aliphatic hydroxyl groups excluding tert-OH is 1. The molecule has 2 atom stereocenters. The van der Waals surface area contributed by atoms with Gasteiger partial charge in [-0.1, -0.05) is 60.3 Å². The summed E-state index contributed by atoms with van der Waals surface area (Å²) in [4.78, 5) is 13.4. The Hall–Kier alpha value is -2.04. The van der Waals surface area contributed by atoms with Crippen LogP contribution in [0.5, 0.6) is 0 Å². The number of hydrogen-bond acceptors (Lipinski definition) is 4. The van der Waals surface area contributed by atoms with Crippen LogP contribution in [0.25, 0.3) is 0 Å². The van der Waals surface area contributed by atoms with E-state index in [4.69, 9.17) is 4.74 Å². The molecular formula is C17H14O3S. The number of ether oxygens (including phenoxy) is 1. The molecular weight excluding hydrogens is 284 g/mol. The number of aliphatic hydroxyl groups is 1. The lowest BCUT2D eigenvalue weighted by Crippen LogP contribution is -2.18. The van der Waals surface area contributed by atoms with Gasteiger partial charge in [-0.25, -0.2) is 4.79 Å². The van der Waals surface area contributed by atoms with Gasteiger partial charge < -0.3 is 9.84 Å². The predicted molar refractivity (Wildman–Crippen MR) is 81.7 cm³/mol. The molecule has 0 saturated carbocycles. The molecule has 0 aromatic heterocycles. The number of thioether (sulfide) groups is 1. The summed E-state index contributed by atoms with van der Waals surface area (Å²) in [7, 11) is 0. The third-order valence-electron chi connectivity index (χ3n) is 3.18. The summed E-state index contributed by atoms with van der Waals surface area (Å²) in [6.45, 7) is 0. The molecule has 3 nitrogen and oxygen atoms in total. The van der Waals surface area contributed by atoms with Crippen molar-refractivity contribution >= 4 is 17.7 Å². The maximum Gasteiger partial charge on any atom is 0.345 e. The average molecular weight is 298 g/mol. The number of esters is 1. The van der Waals surface area contributed by atoms with E-state index < -0.39 is 12.2 Å². The summed E-state index contributed by atoms with van der Waals surface area (Å²) in [5.41, 5.74) is 0.734. The molecule has 3 rings (SSSR count). The highest BCUT2D eigenvalue weighted by molar-refractivity contribution is 8.04. The van der Waals surface area contributed by atoms with Crippen LogP contribution in [0.1, 0.15) is 11.7 Å². The number of benzene rings is 2. The summed E-state index contributed by atoms with van der Waals surface area (Å²) >= 11 is 1.35. The number of rotatable bonds is 4. The summed E-state index contributed by atoms with van der Waals surface area (Å²) < 4.78 is 5.26. The Morgan fingerprint density at radius 2 is 1.62 bits per heavy atom. The monoisotopic (exact) mass is 298 g/mol. The zero-order valence-electron chi connectivity index (χ0n) is 11.2. The molecule has 1 aliphatic heterocycles. The molecule has 0 radical (unpaired) electrons. The molecule has 0 bridgehead atoms. The van der Waals surface area contributed by atoms with E-state index in [2.05, 4.69) is 0 Å². The number of hydrogen-bond donors (Lipinski definition) is 1. The van der Waals surface area contributed by atoms with Crippen molar-refractivity contribution in [2.75, 3.05) is 0 Å². The fourth-order valence-electron chi connectivity index (χ4n) is 2.12. The molecule has 0 amide bonds. The maximum absolute atomic E-state index is 11.9. The van der Waals surface area contributed by atoms with Gasteiger partial charge in [-0.15, -0.1) is 0 Å². The summed E-state index contributed by atoms with van der Waals surface area (Å²) in [6, 6.07) is 18.8. The number of carbonyl (C=O) groups is 1. The van der Waals surface area contributed by atoms with Gasteiger partial charge in [0.25, 0.3) is 0 Å². The fraction of sp³-hybridized carbons (Fsp3) is 0.118. The smallest absolute Gasteiger partial charge is 0.345 e. The Labute approximate surface area is 127 Å². The van der Waals surface area contributed by atoms with E-state index in [1.807, 2.05) is 60.7 Å². The van der Waals surface area contributed by atoms with Crippen LogP contribution in [0.3, 0.4) is 0 Å². The van der Waals surface area contributed by atoms with Gasteiger partial charge in [0.1, 0.15) is 6.10 Å². The lowest BCUT2D eigenvalue weighted by atomic mass is 10.1. The third-order valence-corrected chi connectivity index (χ3v) is 4.21. The fourth-order valence-corrected chi connectivity index (χ4v) is 3.00. The molecule has 1 aliphatic rings. The quantitative estimate of drug-likeness (QED) is 0.880. The molecule has 1 N–H and O–H groups in total. The van der Waals surface area contributed by atoms with Crippen molar-refractivity contribution in [1.29, 1.82) is 0 Å². The first kappa shape index (κ1) is 13.9. The van der Waals surface area contributed by atoms with Gasteiger partial charge in [0.2, 0.25) is 0 Å². The third kappa shape index (κ3) is 3.17. The van der Waals surface area contributed by atoms with E-state index in [0.717, 1.165) is 10.5 Å². The van der Waals surface area contributed by atoms with Gasteiger partial charge in [-0.2, -0.15) is 0 Å². The Morgan fingerprint density at radius 1 is 1.00 bits per heavy atom. The van der Waals surface area contributed by atoms with Crippen LogP contribution >= 0.6 is 11.8 Å². The van der Waals surface area contributed by atoms with Gasteiger partial charge in [0.05, 0.1) is 4.91 Å². The normalized spacial score (nSPS) is 19.0. The predicted octanol–water partition coefficient (Wildman–Crippen LogP) is 3.32. The van der Waals surface area contributed by atoms with Gasteiger partial charge in [0.15, 0.2) is 6.10 Å². The standard InChI is InChI=1S/C17H14O3S/c18-16(12-7-3-1-4-8-12)14-11-15(17(19)20-14)21-13-9-5-2-6-10-13/h1-11,14,16,18H. The Balaban J connectivity index is 1.76. The van der Waals surface area contributed by atoms with E-state index in [1.165, 1.54) is 11.8 Å². The average Bonchev–Trinajstić information content (AvgIpc) is 2.89. The Kier molecular flexibility index (Phi) is 4.08. The molecule has 1 heterocycles. The van der Waals surface area contributed by atoms with E-state index in [1.54, 1.807) is 6.08 Å². The first-order chi connectivity index (χ1) is 10.2.